The van der Waals surface area contributed by atoms with E-state index in [9.17, 15) is 33.6 Å². The number of hydrogen-bond donors (Lipinski definition) is 5. The number of H-pyrrole nitrogens is 3. The molecule has 0 spiro atoms. The van der Waals surface area contributed by atoms with Crippen LogP contribution < -0.4 is 21.8 Å². The molecule has 4 aromatic heterocycles. The minimum absolute atomic E-state index is 0.0242. The van der Waals surface area contributed by atoms with Crippen molar-refractivity contribution in [2.24, 2.45) is 0 Å². The van der Waals surface area contributed by atoms with Gasteiger partial charge < -0.3 is 54.5 Å². The Hall–Kier alpha value is -9.17. The first-order valence-electron chi connectivity index (χ1n) is 36.4. The van der Waals surface area contributed by atoms with Gasteiger partial charge in [-0.2, -0.15) is 10.2 Å². The molecule has 0 saturated carbocycles. The van der Waals surface area contributed by atoms with E-state index in [1.165, 1.54) is 17.4 Å². The molecule has 25 heteroatoms. The molecule has 0 aliphatic carbocycles. The Morgan fingerprint density at radius 1 is 0.515 bits per heavy atom. The van der Waals surface area contributed by atoms with E-state index >= 15 is 0 Å². The van der Waals surface area contributed by atoms with Gasteiger partial charge in [-0.05, 0) is 194 Å². The number of para-hydroxylation sites is 2. The maximum Gasteiger partial charge on any atom is 0.510 e. The SMILES string of the molecule is CCOC(=O)OCn1c(=O)c(C2CCN(C(=O)N[C@H](Cc3cc(C)c4[nH]ncc4c3)C(=O)N3CCN(C4CCN(C)CC4)CC3)CC2)cc2ccccc21.Cc1cc(C[C@@H](NC(=O)N2CCC(c3cc4ccccc4[nH]c3=O)CC2)C(=O)N2CCN(C3CCN(C)CC3)CC2)cc2cn[nH]c12. The lowest BCUT2D eigenvalue weighted by atomic mass is 9.89. The van der Waals surface area contributed by atoms with Crippen molar-refractivity contribution < 1.29 is 33.4 Å². The lowest BCUT2D eigenvalue weighted by Gasteiger charge is -2.43. The van der Waals surface area contributed by atoms with Gasteiger partial charge in [0.05, 0.1) is 35.6 Å². The predicted molar refractivity (Wildman–Crippen MR) is 389 cm³/mol. The number of likely N-dealkylation sites (tertiary alicyclic amines) is 4. The van der Waals surface area contributed by atoms with E-state index in [0.717, 1.165) is 131 Å². The highest BCUT2D eigenvalue weighted by Crippen LogP contribution is 2.31. The summed E-state index contributed by atoms with van der Waals surface area (Å²) in [6, 6.07) is 26.7. The number of nitrogens with one attached hydrogen (secondary N) is 5. The van der Waals surface area contributed by atoms with Crippen molar-refractivity contribution in [3.05, 3.63) is 151 Å². The van der Waals surface area contributed by atoms with Gasteiger partial charge in [0.1, 0.15) is 12.1 Å². The molecule has 536 valence electrons. The number of aromatic amines is 3. The maximum absolute atomic E-state index is 14.3. The number of urea groups is 2. The summed E-state index contributed by atoms with van der Waals surface area (Å²) in [6.45, 7) is 18.0. The summed E-state index contributed by atoms with van der Waals surface area (Å²) in [5.41, 5.74) is 8.61. The van der Waals surface area contributed by atoms with Crippen molar-refractivity contribution in [2.45, 2.75) is 128 Å². The van der Waals surface area contributed by atoms with Gasteiger partial charge in [-0.15, -0.1) is 0 Å². The minimum Gasteiger partial charge on any atom is -0.435 e. The molecule has 6 aliphatic heterocycles. The summed E-state index contributed by atoms with van der Waals surface area (Å²) in [5, 5.41) is 24.6. The van der Waals surface area contributed by atoms with Crippen LogP contribution in [0.5, 0.6) is 0 Å². The van der Waals surface area contributed by atoms with Crippen LogP contribution in [0.25, 0.3) is 43.6 Å². The lowest BCUT2D eigenvalue weighted by Crippen LogP contribution is -2.59. The van der Waals surface area contributed by atoms with Crippen molar-refractivity contribution in [2.75, 3.05) is 125 Å². The van der Waals surface area contributed by atoms with Crippen molar-refractivity contribution in [1.82, 2.24) is 79.8 Å². The van der Waals surface area contributed by atoms with Crippen LogP contribution in [-0.2, 0) is 38.6 Å². The molecule has 101 heavy (non-hydrogen) atoms. The third-order valence-corrected chi connectivity index (χ3v) is 22.2. The zero-order chi connectivity index (χ0) is 70.3. The summed E-state index contributed by atoms with van der Waals surface area (Å²) >= 11 is 0. The number of benzene rings is 4. The molecule has 4 aromatic carbocycles. The van der Waals surface area contributed by atoms with Gasteiger partial charge in [-0.25, -0.2) is 14.4 Å². The average Bonchev–Trinajstić information content (AvgIpc) is 1.38. The van der Waals surface area contributed by atoms with E-state index in [4.69, 9.17) is 9.47 Å². The third kappa shape index (κ3) is 16.4. The standard InChI is InChI=1S/C40H52N8O6.C36H46N8O3/c1-4-53-40(52)54-26-48-35-8-6-5-7-30(35)24-33(37(48)49)29-9-15-47(16-10-29)39(51)42-34(23-28-21-27(2)36-31(22-28)25-41-43-36)38(50)46-19-17-45(18-20-46)32-11-13-44(3)14-12-32;1-24-19-25(20-28-23-37-40-33(24)28)21-32(35(46)43-17-15-42(16-18-43)29-9-11-41(2)12-10-29)39-36(47)44-13-7-26(8-14-44)30-22-27-5-3-4-6-31(27)38-34(30)45/h5-8,21-22,24-25,29,32,34H,4,9-20,23,26H2,1-3H3,(H,41,43)(H,42,51);3-6,19-20,22-23,26,29,32H,7-18,21H2,1-2H3,(H,37,40)(H,38,45)(H,39,47)/t34-;32-/m11/s1. The number of hydrogen-bond acceptors (Lipinski definition) is 15. The van der Waals surface area contributed by atoms with Crippen molar-refractivity contribution in [1.29, 1.82) is 0 Å². The van der Waals surface area contributed by atoms with Gasteiger partial charge >= 0.3 is 18.2 Å². The number of amides is 6. The fourth-order valence-corrected chi connectivity index (χ4v) is 16.3. The molecule has 0 bridgehead atoms. The quantitative estimate of drug-likeness (QED) is 0.0622. The number of nitrogens with zero attached hydrogens (tertiary/aromatic N) is 11. The normalized spacial score (nSPS) is 19.1. The summed E-state index contributed by atoms with van der Waals surface area (Å²) in [4.78, 5) is 115. The predicted octanol–water partition coefficient (Wildman–Crippen LogP) is 7.51. The summed E-state index contributed by atoms with van der Waals surface area (Å²) in [5.74, 6) is -0.102. The van der Waals surface area contributed by atoms with Crippen LogP contribution in [0.1, 0.15) is 104 Å². The largest absolute Gasteiger partial charge is 0.510 e. The van der Waals surface area contributed by atoms with Gasteiger partial charge in [-0.1, -0.05) is 48.5 Å². The average molecular weight is 1380 g/mol. The second-order valence-electron chi connectivity index (χ2n) is 28.7. The summed E-state index contributed by atoms with van der Waals surface area (Å²) < 4.78 is 11.6. The first-order valence-corrected chi connectivity index (χ1v) is 36.4. The second-order valence-corrected chi connectivity index (χ2v) is 28.7. The smallest absolute Gasteiger partial charge is 0.435 e. The summed E-state index contributed by atoms with van der Waals surface area (Å²) in [7, 11) is 4.35. The van der Waals surface area contributed by atoms with Crippen molar-refractivity contribution >= 4 is 73.6 Å². The molecule has 6 saturated heterocycles. The molecular weight excluding hydrogens is 1280 g/mol. The molecule has 14 rings (SSSR count). The van der Waals surface area contributed by atoms with Crippen LogP contribution in [0.3, 0.4) is 0 Å². The van der Waals surface area contributed by atoms with Gasteiger partial charge in [0.2, 0.25) is 11.8 Å². The number of pyridine rings is 2. The molecule has 8 aromatic rings. The molecule has 10 heterocycles. The van der Waals surface area contributed by atoms with Gasteiger partial charge in [0, 0.05) is 131 Å². The van der Waals surface area contributed by atoms with Gasteiger partial charge in [0.25, 0.3) is 11.1 Å². The number of rotatable bonds is 15. The number of aromatic nitrogens is 6. The second kappa shape index (κ2) is 31.8. The Kier molecular flexibility index (Phi) is 22.1. The number of carbonyl (C=O) groups is 5. The number of fused-ring (bicyclic) bond motifs is 4. The Morgan fingerprint density at radius 2 is 0.970 bits per heavy atom. The minimum atomic E-state index is -0.831. The van der Waals surface area contributed by atoms with Gasteiger partial charge in [0.15, 0.2) is 6.73 Å². The molecule has 0 unspecified atom stereocenters. The third-order valence-electron chi connectivity index (χ3n) is 22.2. The zero-order valence-electron chi connectivity index (χ0n) is 59.1. The first kappa shape index (κ1) is 70.3. The highest BCUT2D eigenvalue weighted by atomic mass is 16.7. The molecule has 5 N–H and O–H groups in total. The van der Waals surface area contributed by atoms with Crippen LogP contribution in [0.4, 0.5) is 14.4 Å². The van der Waals surface area contributed by atoms with Crippen LogP contribution >= 0.6 is 0 Å². The first-order chi connectivity index (χ1) is 49.0. The molecule has 6 fully saturated rings. The fraction of sp³-hybridized carbons (Fsp3) is 0.513. The van der Waals surface area contributed by atoms with E-state index in [0.29, 0.717) is 114 Å². The van der Waals surface area contributed by atoms with E-state index in [1.54, 1.807) is 29.1 Å². The Morgan fingerprint density at radius 3 is 1.47 bits per heavy atom. The van der Waals surface area contributed by atoms with Crippen molar-refractivity contribution in [3.63, 3.8) is 0 Å². The lowest BCUT2D eigenvalue weighted by molar-refractivity contribution is -0.136. The summed E-state index contributed by atoms with van der Waals surface area (Å²) in [6.07, 6.45) is 10.7. The molecular formula is C76H98N16O9. The highest BCUT2D eigenvalue weighted by Gasteiger charge is 2.37. The Labute approximate surface area is 588 Å². The molecule has 25 nitrogen and oxygen atoms in total. The number of aryl methyl sites for hydroxylation is 2. The fourth-order valence-electron chi connectivity index (χ4n) is 16.3. The molecule has 2 atom stereocenters. The van der Waals surface area contributed by atoms with Crippen LogP contribution in [0, 0.1) is 13.8 Å². The van der Waals surface area contributed by atoms with Crippen molar-refractivity contribution in [3.8, 4) is 0 Å². The van der Waals surface area contributed by atoms with E-state index in [2.05, 4.69) is 87.9 Å². The van der Waals surface area contributed by atoms with E-state index in [1.807, 2.05) is 90.4 Å². The maximum atomic E-state index is 14.3. The van der Waals surface area contributed by atoms with Gasteiger partial charge in [-0.3, -0.25) is 43.7 Å². The topological polar surface area (TPSA) is 266 Å². The molecule has 6 amide bonds. The number of piperidine rings is 4. The number of carbonyl (C=O) groups excluding carboxylic acids is 5. The molecule has 6 aliphatic rings. The highest BCUT2D eigenvalue weighted by molar-refractivity contribution is 5.90. The molecule has 0 radical (unpaired) electrons. The monoisotopic (exact) mass is 1380 g/mol. The van der Waals surface area contributed by atoms with Crippen LogP contribution in [-0.4, -0.2) is 249 Å². The zero-order valence-corrected chi connectivity index (χ0v) is 59.1. The Balaban J connectivity index is 0.000000182. The van der Waals surface area contributed by atoms with Crippen LogP contribution in [0.2, 0.25) is 0 Å². The number of ether oxygens (including phenoxy) is 2. The number of piperazine rings is 2. The Bertz CT molecular complexity index is 4370. The van der Waals surface area contributed by atoms with E-state index < -0.39 is 18.2 Å². The van der Waals surface area contributed by atoms with E-state index in [-0.39, 0.29) is 60.2 Å². The van der Waals surface area contributed by atoms with Crippen LogP contribution in [0.15, 0.2) is 107 Å².